The summed E-state index contributed by atoms with van der Waals surface area (Å²) in [5.74, 6) is 0.979. The Hall–Kier alpha value is -1.02. The highest BCUT2D eigenvalue weighted by Crippen LogP contribution is 2.45. The third-order valence-corrected chi connectivity index (χ3v) is 4.73. The molecule has 19 heavy (non-hydrogen) atoms. The normalized spacial score (nSPS) is 20.0. The molecule has 2 nitrogen and oxygen atoms in total. The van der Waals surface area contributed by atoms with Gasteiger partial charge < -0.3 is 10.1 Å². The van der Waals surface area contributed by atoms with Crippen molar-refractivity contribution in [2.75, 3.05) is 14.2 Å². The van der Waals surface area contributed by atoms with Crippen LogP contribution >= 0.6 is 0 Å². The fourth-order valence-corrected chi connectivity index (χ4v) is 3.65. The van der Waals surface area contributed by atoms with Crippen LogP contribution < -0.4 is 10.1 Å². The summed E-state index contributed by atoms with van der Waals surface area (Å²) >= 11 is 0. The molecule has 1 saturated carbocycles. The van der Waals surface area contributed by atoms with Crippen LogP contribution in [0.1, 0.15) is 56.2 Å². The quantitative estimate of drug-likeness (QED) is 0.875. The van der Waals surface area contributed by atoms with Gasteiger partial charge in [0.05, 0.1) is 7.11 Å². The molecule has 0 heterocycles. The molecule has 0 radical (unpaired) electrons. The van der Waals surface area contributed by atoms with E-state index in [1.807, 2.05) is 0 Å². The predicted octanol–water partition coefficient (Wildman–Crippen LogP) is 4.23. The predicted molar refractivity (Wildman–Crippen MR) is 80.7 cm³/mol. The zero-order chi connectivity index (χ0) is 13.9. The van der Waals surface area contributed by atoms with Crippen LogP contribution in [0.15, 0.2) is 18.2 Å². The van der Waals surface area contributed by atoms with Crippen molar-refractivity contribution in [1.82, 2.24) is 5.32 Å². The van der Waals surface area contributed by atoms with Gasteiger partial charge in [-0.1, -0.05) is 38.3 Å². The summed E-state index contributed by atoms with van der Waals surface area (Å²) in [5.41, 5.74) is 3.00. The van der Waals surface area contributed by atoms with Crippen molar-refractivity contribution in [3.8, 4) is 5.75 Å². The maximum Gasteiger partial charge on any atom is 0.121 e. The molecule has 0 aromatic heterocycles. The molecule has 1 aromatic carbocycles. The number of benzene rings is 1. The van der Waals surface area contributed by atoms with Crippen molar-refractivity contribution in [2.24, 2.45) is 5.41 Å². The van der Waals surface area contributed by atoms with E-state index < -0.39 is 0 Å². The number of rotatable bonds is 4. The van der Waals surface area contributed by atoms with E-state index in [2.05, 4.69) is 44.4 Å². The van der Waals surface area contributed by atoms with Gasteiger partial charge in [-0.3, -0.25) is 0 Å². The number of ether oxygens (including phenoxy) is 1. The van der Waals surface area contributed by atoms with Crippen LogP contribution in [0.25, 0.3) is 0 Å². The Kier molecular flexibility index (Phi) is 4.51. The largest absolute Gasteiger partial charge is 0.496 e. The second kappa shape index (κ2) is 5.96. The summed E-state index contributed by atoms with van der Waals surface area (Å²) in [6, 6.07) is 7.03. The molecule has 0 saturated heterocycles. The third kappa shape index (κ3) is 2.94. The van der Waals surface area contributed by atoms with E-state index >= 15 is 0 Å². The monoisotopic (exact) mass is 261 g/mol. The summed E-state index contributed by atoms with van der Waals surface area (Å²) in [6.45, 7) is 4.56. The van der Waals surface area contributed by atoms with Gasteiger partial charge in [0.2, 0.25) is 0 Å². The van der Waals surface area contributed by atoms with Crippen LogP contribution in [0.2, 0.25) is 0 Å². The highest BCUT2D eigenvalue weighted by atomic mass is 16.5. The Bertz CT molecular complexity index is 421. The zero-order valence-corrected chi connectivity index (χ0v) is 12.8. The van der Waals surface area contributed by atoms with Crippen molar-refractivity contribution < 1.29 is 4.74 Å². The molecule has 2 heteroatoms. The first-order chi connectivity index (χ1) is 9.10. The maximum atomic E-state index is 5.36. The summed E-state index contributed by atoms with van der Waals surface area (Å²) < 4.78 is 5.36. The Morgan fingerprint density at radius 2 is 1.89 bits per heavy atom. The lowest BCUT2D eigenvalue weighted by Gasteiger charge is -2.41. The van der Waals surface area contributed by atoms with Crippen LogP contribution in [-0.4, -0.2) is 14.2 Å². The lowest BCUT2D eigenvalue weighted by Crippen LogP contribution is -2.36. The molecular weight excluding hydrogens is 234 g/mol. The van der Waals surface area contributed by atoms with Gasteiger partial charge in [-0.2, -0.15) is 0 Å². The highest BCUT2D eigenvalue weighted by Gasteiger charge is 2.35. The van der Waals surface area contributed by atoms with Crippen molar-refractivity contribution >= 4 is 0 Å². The average Bonchev–Trinajstić information content (AvgIpc) is 2.40. The number of hydrogen-bond acceptors (Lipinski definition) is 2. The van der Waals surface area contributed by atoms with Crippen molar-refractivity contribution in [3.05, 3.63) is 29.3 Å². The molecule has 0 aliphatic heterocycles. The van der Waals surface area contributed by atoms with Gasteiger partial charge in [-0.15, -0.1) is 0 Å². The van der Waals surface area contributed by atoms with Gasteiger partial charge in [0, 0.05) is 6.04 Å². The van der Waals surface area contributed by atoms with Crippen LogP contribution in [0.5, 0.6) is 5.75 Å². The highest BCUT2D eigenvalue weighted by molar-refractivity contribution is 5.38. The first-order valence-electron chi connectivity index (χ1n) is 7.42. The molecule has 1 aromatic rings. The van der Waals surface area contributed by atoms with Gasteiger partial charge in [-0.05, 0) is 49.4 Å². The van der Waals surface area contributed by atoms with Gasteiger partial charge in [-0.25, -0.2) is 0 Å². The SMILES string of the molecule is CNC(c1ccc(OC)c(C)c1)C1(C)CCCCC1. The first-order valence-corrected chi connectivity index (χ1v) is 7.42. The minimum Gasteiger partial charge on any atom is -0.496 e. The number of methoxy groups -OCH3 is 1. The topological polar surface area (TPSA) is 21.3 Å². The molecule has 106 valence electrons. The van der Waals surface area contributed by atoms with Gasteiger partial charge in [0.25, 0.3) is 0 Å². The van der Waals surface area contributed by atoms with Crippen molar-refractivity contribution in [3.63, 3.8) is 0 Å². The van der Waals surface area contributed by atoms with Crippen LogP contribution in [0, 0.1) is 12.3 Å². The third-order valence-electron chi connectivity index (χ3n) is 4.73. The second-order valence-corrected chi connectivity index (χ2v) is 6.17. The minimum atomic E-state index is 0.383. The van der Waals surface area contributed by atoms with Crippen LogP contribution in [0.3, 0.4) is 0 Å². The molecule has 1 fully saturated rings. The molecule has 1 unspecified atom stereocenters. The summed E-state index contributed by atoms with van der Waals surface area (Å²) in [6.07, 6.45) is 6.77. The number of aryl methyl sites for hydroxylation is 1. The maximum absolute atomic E-state index is 5.36. The average molecular weight is 261 g/mol. The second-order valence-electron chi connectivity index (χ2n) is 6.17. The molecule has 1 atom stereocenters. The standard InChI is InChI=1S/C17H27NO/c1-13-12-14(8-9-15(13)19-4)16(18-3)17(2)10-6-5-7-11-17/h8-9,12,16,18H,5-7,10-11H2,1-4H3. The lowest BCUT2D eigenvalue weighted by molar-refractivity contribution is 0.150. The molecule has 1 N–H and O–H groups in total. The first kappa shape index (κ1) is 14.4. The summed E-state index contributed by atoms with van der Waals surface area (Å²) in [4.78, 5) is 0. The summed E-state index contributed by atoms with van der Waals surface area (Å²) in [5, 5.41) is 3.55. The summed E-state index contributed by atoms with van der Waals surface area (Å²) in [7, 11) is 3.82. The molecule has 0 amide bonds. The van der Waals surface area contributed by atoms with E-state index in [9.17, 15) is 0 Å². The van der Waals surface area contributed by atoms with Crippen molar-refractivity contribution in [2.45, 2.75) is 52.0 Å². The Morgan fingerprint density at radius 1 is 1.21 bits per heavy atom. The van der Waals surface area contributed by atoms with E-state index in [0.29, 0.717) is 11.5 Å². The van der Waals surface area contributed by atoms with E-state index in [0.717, 1.165) is 5.75 Å². The van der Waals surface area contributed by atoms with E-state index in [-0.39, 0.29) is 0 Å². The van der Waals surface area contributed by atoms with Crippen LogP contribution in [-0.2, 0) is 0 Å². The lowest BCUT2D eigenvalue weighted by atomic mass is 9.68. The number of nitrogens with one attached hydrogen (secondary N) is 1. The zero-order valence-electron chi connectivity index (χ0n) is 12.8. The Morgan fingerprint density at radius 3 is 2.42 bits per heavy atom. The van der Waals surface area contributed by atoms with Gasteiger partial charge in [0.1, 0.15) is 5.75 Å². The molecule has 1 aliphatic carbocycles. The van der Waals surface area contributed by atoms with E-state index in [4.69, 9.17) is 4.74 Å². The number of hydrogen-bond donors (Lipinski definition) is 1. The van der Waals surface area contributed by atoms with E-state index in [1.165, 1.54) is 43.2 Å². The molecule has 0 bridgehead atoms. The Labute approximate surface area is 117 Å². The fourth-order valence-electron chi connectivity index (χ4n) is 3.65. The van der Waals surface area contributed by atoms with Crippen molar-refractivity contribution in [1.29, 1.82) is 0 Å². The Balaban J connectivity index is 2.28. The molecular formula is C17H27NO. The van der Waals surface area contributed by atoms with Gasteiger partial charge in [0.15, 0.2) is 0 Å². The van der Waals surface area contributed by atoms with E-state index in [1.54, 1.807) is 7.11 Å². The smallest absolute Gasteiger partial charge is 0.121 e. The van der Waals surface area contributed by atoms with Crippen LogP contribution in [0.4, 0.5) is 0 Å². The van der Waals surface area contributed by atoms with Gasteiger partial charge >= 0.3 is 0 Å². The molecule has 1 aliphatic rings. The molecule has 0 spiro atoms. The minimum absolute atomic E-state index is 0.383. The fraction of sp³-hybridized carbons (Fsp3) is 0.647. The molecule has 2 rings (SSSR count).